The second kappa shape index (κ2) is 5.74. The van der Waals surface area contributed by atoms with Gasteiger partial charge in [-0.25, -0.2) is 4.79 Å². The molecule has 1 amide bonds. The number of carboxylic acids is 1. The maximum Gasteiger partial charge on any atom is 0.338 e. The topological polar surface area (TPSA) is 75.4 Å². The molecule has 6 nitrogen and oxygen atoms in total. The van der Waals surface area contributed by atoms with Gasteiger partial charge in [-0.15, -0.1) is 0 Å². The third-order valence-electron chi connectivity index (χ3n) is 5.20. The van der Waals surface area contributed by atoms with Gasteiger partial charge in [0, 0.05) is 24.7 Å². The van der Waals surface area contributed by atoms with Crippen molar-refractivity contribution in [3.05, 3.63) is 18.0 Å². The molecule has 2 heterocycles. The Hall–Kier alpha value is -1.85. The van der Waals surface area contributed by atoms with Crippen molar-refractivity contribution in [1.82, 2.24) is 14.7 Å². The van der Waals surface area contributed by atoms with Crippen LogP contribution in [-0.2, 0) is 4.79 Å². The summed E-state index contributed by atoms with van der Waals surface area (Å²) in [5.74, 6) is -0.650. The fourth-order valence-corrected chi connectivity index (χ4v) is 3.73. The van der Waals surface area contributed by atoms with Crippen LogP contribution < -0.4 is 0 Å². The first kappa shape index (κ1) is 15.1. The highest BCUT2D eigenvalue weighted by Gasteiger charge is 2.40. The van der Waals surface area contributed by atoms with Crippen LogP contribution in [0.15, 0.2) is 12.4 Å². The van der Waals surface area contributed by atoms with Crippen LogP contribution in [0.4, 0.5) is 0 Å². The Kier molecular flexibility index (Phi) is 3.93. The molecule has 120 valence electrons. The summed E-state index contributed by atoms with van der Waals surface area (Å²) in [7, 11) is 0. The zero-order valence-electron chi connectivity index (χ0n) is 13.0. The Bertz CT molecular complexity index is 567. The van der Waals surface area contributed by atoms with Crippen molar-refractivity contribution in [2.75, 3.05) is 13.1 Å². The van der Waals surface area contributed by atoms with Crippen LogP contribution in [0.5, 0.6) is 0 Å². The number of hydrogen-bond donors (Lipinski definition) is 1. The Labute approximate surface area is 130 Å². The largest absolute Gasteiger partial charge is 0.478 e. The highest BCUT2D eigenvalue weighted by molar-refractivity contribution is 5.86. The van der Waals surface area contributed by atoms with Crippen LogP contribution >= 0.6 is 0 Å². The molecule has 0 spiro atoms. The predicted octanol–water partition coefficient (Wildman–Crippen LogP) is 2.33. The van der Waals surface area contributed by atoms with Crippen LogP contribution in [-0.4, -0.2) is 44.8 Å². The van der Waals surface area contributed by atoms with E-state index in [9.17, 15) is 9.59 Å². The van der Waals surface area contributed by atoms with E-state index in [0.29, 0.717) is 5.91 Å². The average molecular weight is 305 g/mol. The Balaban J connectivity index is 1.60. The smallest absolute Gasteiger partial charge is 0.338 e. The van der Waals surface area contributed by atoms with Gasteiger partial charge in [0.05, 0.1) is 17.8 Å². The maximum atomic E-state index is 12.7. The number of likely N-dealkylation sites (tertiary alicyclic amines) is 1. The molecule has 0 aromatic carbocycles. The SMILES string of the molecule is CC1(C(=O)N2CCC(n3cc(C(=O)O)cn3)CC2)CCCC1. The molecule has 1 saturated carbocycles. The lowest BCUT2D eigenvalue weighted by molar-refractivity contribution is -0.142. The first-order chi connectivity index (χ1) is 10.5. The predicted molar refractivity (Wildman–Crippen MR) is 80.6 cm³/mol. The van der Waals surface area contributed by atoms with Crippen molar-refractivity contribution >= 4 is 11.9 Å². The molecule has 3 rings (SSSR count). The lowest BCUT2D eigenvalue weighted by atomic mass is 9.86. The number of amides is 1. The standard InChI is InChI=1S/C16H23N3O3/c1-16(6-2-3-7-16)15(22)18-8-4-13(5-9-18)19-11-12(10-17-19)14(20)21/h10-11,13H,2-9H2,1H3,(H,20,21). The molecule has 0 atom stereocenters. The summed E-state index contributed by atoms with van der Waals surface area (Å²) in [4.78, 5) is 25.6. The second-order valence-corrected chi connectivity index (χ2v) is 6.81. The van der Waals surface area contributed by atoms with Crippen molar-refractivity contribution in [1.29, 1.82) is 0 Å². The molecule has 2 aliphatic rings. The van der Waals surface area contributed by atoms with Gasteiger partial charge < -0.3 is 10.0 Å². The monoisotopic (exact) mass is 305 g/mol. The van der Waals surface area contributed by atoms with Gasteiger partial charge in [-0.2, -0.15) is 5.10 Å². The van der Waals surface area contributed by atoms with Crippen LogP contribution in [0.25, 0.3) is 0 Å². The molecule has 2 fully saturated rings. The summed E-state index contributed by atoms with van der Waals surface area (Å²) < 4.78 is 1.74. The van der Waals surface area contributed by atoms with E-state index in [1.165, 1.54) is 6.20 Å². The van der Waals surface area contributed by atoms with Gasteiger partial charge in [0.15, 0.2) is 0 Å². The summed E-state index contributed by atoms with van der Waals surface area (Å²) in [5, 5.41) is 13.1. The molecule has 1 aliphatic heterocycles. The maximum absolute atomic E-state index is 12.7. The first-order valence-electron chi connectivity index (χ1n) is 8.06. The van der Waals surface area contributed by atoms with Gasteiger partial charge in [0.1, 0.15) is 0 Å². The molecule has 1 aromatic heterocycles. The van der Waals surface area contributed by atoms with Gasteiger partial charge in [-0.1, -0.05) is 19.8 Å². The van der Waals surface area contributed by atoms with Crippen LogP contribution in [0.1, 0.15) is 61.8 Å². The number of rotatable bonds is 3. The van der Waals surface area contributed by atoms with E-state index in [1.54, 1.807) is 10.9 Å². The number of aromatic nitrogens is 2. The fraction of sp³-hybridized carbons (Fsp3) is 0.688. The van der Waals surface area contributed by atoms with Gasteiger partial charge >= 0.3 is 5.97 Å². The summed E-state index contributed by atoms with van der Waals surface area (Å²) in [6, 6.07) is 0.188. The van der Waals surface area contributed by atoms with Crippen molar-refractivity contribution in [3.8, 4) is 0 Å². The Morgan fingerprint density at radius 3 is 2.45 bits per heavy atom. The van der Waals surface area contributed by atoms with E-state index in [-0.39, 0.29) is 17.0 Å². The molecule has 0 bridgehead atoms. The Morgan fingerprint density at radius 2 is 1.91 bits per heavy atom. The number of aromatic carboxylic acids is 1. The highest BCUT2D eigenvalue weighted by atomic mass is 16.4. The number of carbonyl (C=O) groups excluding carboxylic acids is 1. The number of piperidine rings is 1. The summed E-state index contributed by atoms with van der Waals surface area (Å²) >= 11 is 0. The van der Waals surface area contributed by atoms with Gasteiger partial charge in [0.25, 0.3) is 0 Å². The zero-order valence-corrected chi connectivity index (χ0v) is 13.0. The molecule has 22 heavy (non-hydrogen) atoms. The first-order valence-corrected chi connectivity index (χ1v) is 8.06. The van der Waals surface area contributed by atoms with E-state index < -0.39 is 5.97 Å². The number of carboxylic acid groups (broad SMARTS) is 1. The lowest BCUT2D eigenvalue weighted by Crippen LogP contribution is -2.45. The molecular formula is C16H23N3O3. The van der Waals surface area contributed by atoms with Crippen LogP contribution in [0.2, 0.25) is 0 Å². The molecule has 0 radical (unpaired) electrons. The summed E-state index contributed by atoms with van der Waals surface area (Å²) in [6.07, 6.45) is 8.97. The second-order valence-electron chi connectivity index (χ2n) is 6.81. The fourth-order valence-electron chi connectivity index (χ4n) is 3.73. The number of hydrogen-bond acceptors (Lipinski definition) is 3. The molecule has 1 N–H and O–H groups in total. The van der Waals surface area contributed by atoms with Crippen LogP contribution in [0, 0.1) is 5.41 Å². The molecule has 1 aliphatic carbocycles. The zero-order chi connectivity index (χ0) is 15.7. The third kappa shape index (κ3) is 2.74. The van der Waals surface area contributed by atoms with Gasteiger partial charge in [0.2, 0.25) is 5.91 Å². The molecular weight excluding hydrogens is 282 g/mol. The molecule has 1 saturated heterocycles. The van der Waals surface area contributed by atoms with Crippen molar-refractivity contribution in [3.63, 3.8) is 0 Å². The quantitative estimate of drug-likeness (QED) is 0.930. The van der Waals surface area contributed by atoms with E-state index in [0.717, 1.165) is 51.6 Å². The highest BCUT2D eigenvalue weighted by Crippen LogP contribution is 2.40. The summed E-state index contributed by atoms with van der Waals surface area (Å²) in [5.41, 5.74) is 0.0617. The minimum atomic E-state index is -0.951. The van der Waals surface area contributed by atoms with Crippen LogP contribution in [0.3, 0.4) is 0 Å². The van der Waals surface area contributed by atoms with Crippen molar-refractivity contribution in [2.24, 2.45) is 5.41 Å². The number of carbonyl (C=O) groups is 2. The van der Waals surface area contributed by atoms with E-state index in [1.807, 2.05) is 4.90 Å². The average Bonchev–Trinajstić information content (AvgIpc) is 3.16. The third-order valence-corrected chi connectivity index (χ3v) is 5.20. The van der Waals surface area contributed by atoms with E-state index in [4.69, 9.17) is 5.11 Å². The number of nitrogens with zero attached hydrogens (tertiary/aromatic N) is 3. The minimum Gasteiger partial charge on any atom is -0.478 e. The van der Waals surface area contributed by atoms with E-state index in [2.05, 4.69) is 12.0 Å². The van der Waals surface area contributed by atoms with Gasteiger partial charge in [-0.3, -0.25) is 9.48 Å². The van der Waals surface area contributed by atoms with Crippen molar-refractivity contribution < 1.29 is 14.7 Å². The minimum absolute atomic E-state index is 0.158. The molecule has 0 unspecified atom stereocenters. The normalized spacial score (nSPS) is 22.0. The lowest BCUT2D eigenvalue weighted by Gasteiger charge is -2.37. The van der Waals surface area contributed by atoms with Crippen molar-refractivity contribution in [2.45, 2.75) is 51.5 Å². The Morgan fingerprint density at radius 1 is 1.27 bits per heavy atom. The molecule has 6 heteroatoms. The molecule has 1 aromatic rings. The van der Waals surface area contributed by atoms with Gasteiger partial charge in [-0.05, 0) is 25.7 Å². The summed E-state index contributed by atoms with van der Waals surface area (Å²) in [6.45, 7) is 3.57. The van der Waals surface area contributed by atoms with E-state index >= 15 is 0 Å².